The summed E-state index contributed by atoms with van der Waals surface area (Å²) in [6.07, 6.45) is 0. The third-order valence-electron chi connectivity index (χ3n) is 5.89. The molecule has 0 bridgehead atoms. The highest BCUT2D eigenvalue weighted by Crippen LogP contribution is 2.65. The first-order chi connectivity index (χ1) is 16.9. The minimum Gasteiger partial charge on any atom is -0.468 e. The van der Waals surface area contributed by atoms with Gasteiger partial charge in [-0.1, -0.05) is 72.8 Å². The van der Waals surface area contributed by atoms with E-state index in [-0.39, 0.29) is 0 Å². The Hall–Kier alpha value is -3.23. The first-order valence-corrected chi connectivity index (χ1v) is 14.6. The van der Waals surface area contributed by atoms with Crippen LogP contribution in [0.25, 0.3) is 0 Å². The zero-order valence-corrected chi connectivity index (χ0v) is 21.4. The molecule has 0 saturated carbocycles. The van der Waals surface area contributed by atoms with Gasteiger partial charge in [-0.3, -0.25) is 13.9 Å². The Morgan fingerprint density at radius 3 is 1.09 bits per heavy atom. The quantitative estimate of drug-likeness (QED) is 0.258. The molecule has 0 N–H and O–H groups in total. The molecule has 0 fully saturated rings. The lowest BCUT2D eigenvalue weighted by Gasteiger charge is -2.41. The molecule has 0 heterocycles. The molecular formula is C28H27NO4P2. The molecule has 0 aromatic heterocycles. The highest BCUT2D eigenvalue weighted by Gasteiger charge is 2.51. The second-order valence-electron chi connectivity index (χ2n) is 8.01. The minimum absolute atomic E-state index is 0.481. The predicted molar refractivity (Wildman–Crippen MR) is 143 cm³/mol. The fourth-order valence-electron chi connectivity index (χ4n) is 4.22. The van der Waals surface area contributed by atoms with Gasteiger partial charge in [0.2, 0.25) is 14.6 Å². The molecule has 0 spiro atoms. The zero-order chi connectivity index (χ0) is 24.9. The van der Waals surface area contributed by atoms with E-state index < -0.39 is 26.6 Å². The Morgan fingerprint density at radius 2 is 0.857 bits per heavy atom. The van der Waals surface area contributed by atoms with Crippen molar-refractivity contribution in [3.05, 3.63) is 121 Å². The van der Waals surface area contributed by atoms with Crippen LogP contribution >= 0.6 is 14.6 Å². The Bertz CT molecular complexity index is 1180. The molecule has 4 aromatic rings. The van der Waals surface area contributed by atoms with Gasteiger partial charge in [-0.15, -0.1) is 0 Å². The lowest BCUT2D eigenvalue weighted by atomic mass is 10.4. The topological polar surface area (TPSA) is 63.7 Å². The zero-order valence-electron chi connectivity index (χ0n) is 19.6. The Kier molecular flexibility index (Phi) is 7.52. The average molecular weight is 503 g/mol. The van der Waals surface area contributed by atoms with Crippen LogP contribution in [0, 0.1) is 0 Å². The molecule has 0 radical (unpaired) electrons. The monoisotopic (exact) mass is 503 g/mol. The maximum atomic E-state index is 15.5. The van der Waals surface area contributed by atoms with Crippen molar-refractivity contribution in [2.45, 2.75) is 13.0 Å². The van der Waals surface area contributed by atoms with Crippen molar-refractivity contribution in [2.75, 3.05) is 7.11 Å². The number of hydrogen-bond acceptors (Lipinski definition) is 4. The lowest BCUT2D eigenvalue weighted by Crippen LogP contribution is -2.45. The van der Waals surface area contributed by atoms with Crippen molar-refractivity contribution >= 4 is 41.8 Å². The minimum atomic E-state index is -3.84. The lowest BCUT2D eigenvalue weighted by molar-refractivity contribution is -0.143. The van der Waals surface area contributed by atoms with Crippen LogP contribution in [0.4, 0.5) is 0 Å². The fraction of sp³-hybridized carbons (Fsp3) is 0.107. The van der Waals surface area contributed by atoms with E-state index in [2.05, 4.69) is 0 Å². The third kappa shape index (κ3) is 4.56. The summed E-state index contributed by atoms with van der Waals surface area (Å²) in [4.78, 5) is 13.1. The fourth-order valence-corrected chi connectivity index (χ4v) is 11.9. The van der Waals surface area contributed by atoms with E-state index in [0.717, 1.165) is 0 Å². The predicted octanol–water partition coefficient (Wildman–Crippen LogP) is 4.71. The van der Waals surface area contributed by atoms with Crippen LogP contribution in [0.2, 0.25) is 0 Å². The molecule has 35 heavy (non-hydrogen) atoms. The normalized spacial score (nSPS) is 12.8. The molecule has 0 aliphatic rings. The Labute approximate surface area is 206 Å². The van der Waals surface area contributed by atoms with Crippen LogP contribution in [0.3, 0.4) is 0 Å². The number of hydrogen-bond donors (Lipinski definition) is 0. The van der Waals surface area contributed by atoms with Crippen LogP contribution in [0.15, 0.2) is 121 Å². The van der Waals surface area contributed by atoms with Crippen molar-refractivity contribution in [3.63, 3.8) is 0 Å². The van der Waals surface area contributed by atoms with Gasteiger partial charge in [0.05, 0.1) is 7.11 Å². The molecule has 4 rings (SSSR count). The van der Waals surface area contributed by atoms with Crippen molar-refractivity contribution in [2.24, 2.45) is 0 Å². The highest BCUT2D eigenvalue weighted by atomic mass is 31.2. The second kappa shape index (κ2) is 10.6. The summed E-state index contributed by atoms with van der Waals surface area (Å²) in [5, 5.41) is 1.92. The third-order valence-corrected chi connectivity index (χ3v) is 13.2. The van der Waals surface area contributed by atoms with E-state index in [4.69, 9.17) is 4.74 Å². The van der Waals surface area contributed by atoms with Crippen LogP contribution in [0.1, 0.15) is 6.92 Å². The Morgan fingerprint density at radius 1 is 0.600 bits per heavy atom. The number of carbonyl (C=O) groups is 1. The van der Waals surface area contributed by atoms with E-state index in [1.54, 1.807) is 104 Å². The largest absolute Gasteiger partial charge is 0.468 e. The van der Waals surface area contributed by atoms with Gasteiger partial charge in [0, 0.05) is 21.2 Å². The van der Waals surface area contributed by atoms with E-state index in [0.29, 0.717) is 21.2 Å². The van der Waals surface area contributed by atoms with E-state index in [1.807, 2.05) is 24.3 Å². The van der Waals surface area contributed by atoms with Crippen LogP contribution in [-0.2, 0) is 18.7 Å². The Balaban J connectivity index is 2.14. The van der Waals surface area contributed by atoms with Gasteiger partial charge in [0.1, 0.15) is 6.04 Å². The molecule has 0 aliphatic carbocycles. The summed E-state index contributed by atoms with van der Waals surface area (Å²) in [6, 6.07) is 34.6. The average Bonchev–Trinajstić information content (AvgIpc) is 2.94. The first kappa shape index (κ1) is 24.9. The van der Waals surface area contributed by atoms with Gasteiger partial charge in [-0.2, -0.15) is 4.44 Å². The number of methoxy groups -OCH3 is 1. The molecule has 0 aliphatic heterocycles. The summed E-state index contributed by atoms with van der Waals surface area (Å²) >= 11 is 0. The highest BCUT2D eigenvalue weighted by molar-refractivity contribution is 7.90. The molecule has 0 unspecified atom stereocenters. The van der Waals surface area contributed by atoms with Crippen molar-refractivity contribution in [1.82, 2.24) is 4.44 Å². The van der Waals surface area contributed by atoms with Gasteiger partial charge in [-0.25, -0.2) is 0 Å². The molecule has 178 valence electrons. The molecule has 5 nitrogen and oxygen atoms in total. The summed E-state index contributed by atoms with van der Waals surface area (Å²) in [5.41, 5.74) is 0. The van der Waals surface area contributed by atoms with Crippen LogP contribution < -0.4 is 21.2 Å². The number of benzene rings is 4. The number of carbonyl (C=O) groups excluding carboxylic acids is 1. The SMILES string of the molecule is COC(=O)[C@H](C)N(P(=O)(c1ccccc1)c1ccccc1)P(=O)(c1ccccc1)c1ccccc1. The number of nitrogens with zero attached hydrogens (tertiary/aromatic N) is 1. The van der Waals surface area contributed by atoms with E-state index in [1.165, 1.54) is 11.6 Å². The number of ether oxygens (including phenoxy) is 1. The molecular weight excluding hydrogens is 476 g/mol. The summed E-state index contributed by atoms with van der Waals surface area (Å²) in [5.74, 6) is -0.621. The molecule has 1 atom stereocenters. The maximum absolute atomic E-state index is 15.5. The maximum Gasteiger partial charge on any atom is 0.323 e. The number of rotatable bonds is 8. The van der Waals surface area contributed by atoms with Crippen molar-refractivity contribution < 1.29 is 18.7 Å². The summed E-state index contributed by atoms with van der Waals surface area (Å²) < 4.78 is 37.6. The summed E-state index contributed by atoms with van der Waals surface area (Å²) in [7, 11) is -6.40. The molecule has 4 aromatic carbocycles. The van der Waals surface area contributed by atoms with Crippen LogP contribution in [-0.4, -0.2) is 23.6 Å². The van der Waals surface area contributed by atoms with E-state index >= 15 is 9.13 Å². The van der Waals surface area contributed by atoms with Gasteiger partial charge < -0.3 is 4.74 Å². The van der Waals surface area contributed by atoms with Gasteiger partial charge >= 0.3 is 5.97 Å². The van der Waals surface area contributed by atoms with Gasteiger partial charge in [-0.05, 0) is 55.5 Å². The summed E-state index contributed by atoms with van der Waals surface area (Å²) in [6.45, 7) is 1.60. The van der Waals surface area contributed by atoms with Crippen molar-refractivity contribution in [3.8, 4) is 0 Å². The van der Waals surface area contributed by atoms with Gasteiger partial charge in [0.25, 0.3) is 0 Å². The molecule has 0 saturated heterocycles. The molecule has 0 amide bonds. The van der Waals surface area contributed by atoms with Crippen LogP contribution in [0.5, 0.6) is 0 Å². The van der Waals surface area contributed by atoms with E-state index in [9.17, 15) is 4.79 Å². The standard InChI is InChI=1S/C28H27NO4P2/c1-23(28(30)33-2)29(34(31,24-15-7-3-8-16-24)25-17-9-4-10-18-25)35(32,26-19-11-5-12-20-26)27-21-13-6-14-22-27/h3-23H,1-2H3/t23-/m0/s1. The number of esters is 1. The first-order valence-electron chi connectivity index (χ1n) is 11.2. The second-order valence-corrected chi connectivity index (χ2v) is 13.6. The molecule has 7 heteroatoms. The van der Waals surface area contributed by atoms with Crippen molar-refractivity contribution in [1.29, 1.82) is 0 Å². The smallest absolute Gasteiger partial charge is 0.323 e. The van der Waals surface area contributed by atoms with Gasteiger partial charge in [0.15, 0.2) is 0 Å².